The fraction of sp³-hybridized carbons (Fsp3) is 0.571. The summed E-state index contributed by atoms with van der Waals surface area (Å²) in [4.78, 5) is 2.74. The molecular formula is C14H18BrN. The molecule has 3 rings (SSSR count). The van der Waals surface area contributed by atoms with Gasteiger partial charge in [0.25, 0.3) is 0 Å². The number of piperidine rings is 1. The van der Waals surface area contributed by atoms with Gasteiger partial charge in [-0.2, -0.15) is 0 Å². The van der Waals surface area contributed by atoms with Crippen LogP contribution in [0.2, 0.25) is 0 Å². The Hall–Kier alpha value is -0.340. The first-order valence-corrected chi connectivity index (χ1v) is 7.15. The van der Waals surface area contributed by atoms with Crippen LogP contribution < -0.4 is 0 Å². The fourth-order valence-electron chi connectivity index (χ4n) is 3.33. The number of nitrogens with zero attached hydrogens (tertiary/aromatic N) is 1. The number of benzene rings is 1. The first kappa shape index (κ1) is 10.8. The summed E-state index contributed by atoms with van der Waals surface area (Å²) in [5.74, 6) is 0. The molecule has 0 amide bonds. The van der Waals surface area contributed by atoms with E-state index in [9.17, 15) is 0 Å². The van der Waals surface area contributed by atoms with E-state index in [2.05, 4.69) is 45.1 Å². The van der Waals surface area contributed by atoms with Crippen LogP contribution in [-0.2, 0) is 0 Å². The van der Waals surface area contributed by atoms with Crippen LogP contribution in [0.3, 0.4) is 0 Å². The van der Waals surface area contributed by atoms with Crippen molar-refractivity contribution in [2.75, 3.05) is 6.54 Å². The number of rotatable bonds is 1. The van der Waals surface area contributed by atoms with E-state index in [4.69, 9.17) is 0 Å². The van der Waals surface area contributed by atoms with E-state index in [0.29, 0.717) is 6.04 Å². The Kier molecular flexibility index (Phi) is 3.03. The second-order valence-electron chi connectivity index (χ2n) is 5.04. The summed E-state index contributed by atoms with van der Waals surface area (Å²) in [7, 11) is 0. The third-order valence-corrected chi connectivity index (χ3v) is 4.57. The van der Waals surface area contributed by atoms with Gasteiger partial charge in [-0.3, -0.25) is 4.90 Å². The molecule has 2 heterocycles. The Morgan fingerprint density at radius 3 is 2.94 bits per heavy atom. The van der Waals surface area contributed by atoms with E-state index in [1.165, 1.54) is 48.7 Å². The van der Waals surface area contributed by atoms with Crippen LogP contribution >= 0.6 is 15.9 Å². The van der Waals surface area contributed by atoms with Crippen molar-refractivity contribution >= 4 is 15.9 Å². The summed E-state index contributed by atoms with van der Waals surface area (Å²) >= 11 is 3.58. The molecule has 0 N–H and O–H groups in total. The summed E-state index contributed by atoms with van der Waals surface area (Å²) < 4.78 is 1.21. The summed E-state index contributed by atoms with van der Waals surface area (Å²) in [5, 5.41) is 0. The monoisotopic (exact) mass is 279 g/mol. The van der Waals surface area contributed by atoms with Gasteiger partial charge in [-0.15, -0.1) is 0 Å². The second-order valence-corrected chi connectivity index (χ2v) is 5.95. The van der Waals surface area contributed by atoms with Crippen molar-refractivity contribution in [3.63, 3.8) is 0 Å². The highest BCUT2D eigenvalue weighted by Crippen LogP contribution is 2.40. The first-order valence-electron chi connectivity index (χ1n) is 6.36. The van der Waals surface area contributed by atoms with E-state index >= 15 is 0 Å². The molecular weight excluding hydrogens is 262 g/mol. The average Bonchev–Trinajstić information content (AvgIpc) is 2.72. The number of hydrogen-bond acceptors (Lipinski definition) is 1. The van der Waals surface area contributed by atoms with Crippen molar-refractivity contribution in [3.05, 3.63) is 34.3 Å². The zero-order valence-corrected chi connectivity index (χ0v) is 11.1. The lowest BCUT2D eigenvalue weighted by Crippen LogP contribution is -2.35. The smallest absolute Gasteiger partial charge is 0.0352 e. The standard InChI is InChI=1S/C14H18BrN/c15-12-5-3-4-11(10-12)14-8-7-13-6-1-2-9-16(13)14/h3-5,10,13-14H,1-2,6-9H2/t13-,14+/m1/s1. The normalized spacial score (nSPS) is 30.3. The molecule has 2 aliphatic heterocycles. The van der Waals surface area contributed by atoms with Crippen LogP contribution in [0, 0.1) is 0 Å². The highest BCUT2D eigenvalue weighted by atomic mass is 79.9. The Morgan fingerprint density at radius 2 is 2.06 bits per heavy atom. The van der Waals surface area contributed by atoms with Crippen LogP contribution in [0.5, 0.6) is 0 Å². The van der Waals surface area contributed by atoms with Gasteiger partial charge in [0.2, 0.25) is 0 Å². The molecule has 0 spiro atoms. The second kappa shape index (κ2) is 4.50. The zero-order chi connectivity index (χ0) is 11.0. The van der Waals surface area contributed by atoms with E-state index in [1.807, 2.05) is 0 Å². The highest BCUT2D eigenvalue weighted by Gasteiger charge is 2.35. The van der Waals surface area contributed by atoms with Gasteiger partial charge in [0, 0.05) is 16.6 Å². The minimum Gasteiger partial charge on any atom is -0.293 e. The van der Waals surface area contributed by atoms with Crippen molar-refractivity contribution < 1.29 is 0 Å². The first-order chi connectivity index (χ1) is 7.84. The molecule has 0 saturated carbocycles. The van der Waals surface area contributed by atoms with Crippen molar-refractivity contribution in [2.45, 2.75) is 44.2 Å². The van der Waals surface area contributed by atoms with Crippen LogP contribution in [0.1, 0.15) is 43.7 Å². The minimum absolute atomic E-state index is 0.683. The third kappa shape index (κ3) is 1.93. The van der Waals surface area contributed by atoms with Crippen molar-refractivity contribution in [2.24, 2.45) is 0 Å². The summed E-state index contributed by atoms with van der Waals surface area (Å²) in [6.07, 6.45) is 7.00. The summed E-state index contributed by atoms with van der Waals surface area (Å²) in [5.41, 5.74) is 1.50. The van der Waals surface area contributed by atoms with Crippen molar-refractivity contribution in [3.8, 4) is 0 Å². The van der Waals surface area contributed by atoms with Crippen LogP contribution in [-0.4, -0.2) is 17.5 Å². The molecule has 2 atom stereocenters. The lowest BCUT2D eigenvalue weighted by atomic mass is 10.0. The number of hydrogen-bond donors (Lipinski definition) is 0. The van der Waals surface area contributed by atoms with Crippen molar-refractivity contribution in [1.82, 2.24) is 4.90 Å². The fourth-order valence-corrected chi connectivity index (χ4v) is 3.75. The molecule has 16 heavy (non-hydrogen) atoms. The topological polar surface area (TPSA) is 3.24 Å². The Bertz CT molecular complexity index is 377. The molecule has 0 aliphatic carbocycles. The van der Waals surface area contributed by atoms with Gasteiger partial charge in [-0.25, -0.2) is 0 Å². The van der Waals surface area contributed by atoms with E-state index in [-0.39, 0.29) is 0 Å². The highest BCUT2D eigenvalue weighted by molar-refractivity contribution is 9.10. The zero-order valence-electron chi connectivity index (χ0n) is 9.53. The molecule has 86 valence electrons. The largest absolute Gasteiger partial charge is 0.293 e. The van der Waals surface area contributed by atoms with E-state index in [0.717, 1.165) is 6.04 Å². The molecule has 1 nitrogen and oxygen atoms in total. The Labute approximate surface area is 106 Å². The molecule has 0 aromatic heterocycles. The van der Waals surface area contributed by atoms with Gasteiger partial charge in [-0.1, -0.05) is 34.5 Å². The average molecular weight is 280 g/mol. The third-order valence-electron chi connectivity index (χ3n) is 4.08. The van der Waals surface area contributed by atoms with Gasteiger partial charge in [-0.05, 0) is 49.9 Å². The maximum absolute atomic E-state index is 3.58. The molecule has 2 saturated heterocycles. The molecule has 2 fully saturated rings. The SMILES string of the molecule is Brc1cccc([C@@H]2CC[C@H]3CCCCN32)c1. The van der Waals surface area contributed by atoms with Crippen LogP contribution in [0.25, 0.3) is 0 Å². The molecule has 2 heteroatoms. The molecule has 0 bridgehead atoms. The van der Waals surface area contributed by atoms with Gasteiger partial charge >= 0.3 is 0 Å². The molecule has 0 unspecified atom stereocenters. The summed E-state index contributed by atoms with van der Waals surface area (Å²) in [6, 6.07) is 10.4. The van der Waals surface area contributed by atoms with Gasteiger partial charge in [0.15, 0.2) is 0 Å². The Morgan fingerprint density at radius 1 is 1.12 bits per heavy atom. The van der Waals surface area contributed by atoms with Gasteiger partial charge in [0.05, 0.1) is 0 Å². The molecule has 1 aromatic carbocycles. The van der Waals surface area contributed by atoms with E-state index < -0.39 is 0 Å². The predicted octanol–water partition coefficient (Wildman–Crippen LogP) is 4.14. The van der Waals surface area contributed by atoms with Gasteiger partial charge in [0.1, 0.15) is 0 Å². The quantitative estimate of drug-likeness (QED) is 0.747. The molecule has 0 radical (unpaired) electrons. The predicted molar refractivity (Wildman–Crippen MR) is 70.5 cm³/mol. The maximum atomic E-state index is 3.58. The van der Waals surface area contributed by atoms with Crippen molar-refractivity contribution in [1.29, 1.82) is 0 Å². The van der Waals surface area contributed by atoms with Crippen LogP contribution in [0.15, 0.2) is 28.7 Å². The number of fused-ring (bicyclic) bond motifs is 1. The molecule has 2 aliphatic rings. The molecule has 1 aromatic rings. The van der Waals surface area contributed by atoms with Gasteiger partial charge < -0.3 is 0 Å². The number of halogens is 1. The lowest BCUT2D eigenvalue weighted by Gasteiger charge is -2.34. The minimum atomic E-state index is 0.683. The summed E-state index contributed by atoms with van der Waals surface area (Å²) in [6.45, 7) is 1.31. The Balaban J connectivity index is 1.85. The maximum Gasteiger partial charge on any atom is 0.0352 e. The van der Waals surface area contributed by atoms with Crippen LogP contribution in [0.4, 0.5) is 0 Å². The lowest BCUT2D eigenvalue weighted by molar-refractivity contribution is 0.150. The van der Waals surface area contributed by atoms with E-state index in [1.54, 1.807) is 0 Å².